The van der Waals surface area contributed by atoms with Crippen molar-refractivity contribution in [3.8, 4) is 0 Å². The first-order chi connectivity index (χ1) is 7.47. The van der Waals surface area contributed by atoms with Gasteiger partial charge in [0.05, 0.1) is 0 Å². The largest absolute Gasteiger partial charge is 0.317 e. The molecule has 0 saturated heterocycles. The molecule has 1 rings (SSSR count). The van der Waals surface area contributed by atoms with Gasteiger partial charge in [0.2, 0.25) is 0 Å². The van der Waals surface area contributed by atoms with Gasteiger partial charge in [-0.05, 0) is 31.4 Å². The van der Waals surface area contributed by atoms with Gasteiger partial charge in [-0.2, -0.15) is 4.37 Å². The average molecular weight is 241 g/mol. The van der Waals surface area contributed by atoms with Crippen molar-refractivity contribution in [3.63, 3.8) is 0 Å². The first kappa shape index (κ1) is 13.6. The standard InChI is InChI=1S/C12H23N3S/c1-7(2)10(9(5)13-6)12-14-11(8(3)4)15-16-12/h7-10,13H,1-6H3. The van der Waals surface area contributed by atoms with E-state index in [9.17, 15) is 0 Å². The first-order valence-electron chi connectivity index (χ1n) is 5.98. The van der Waals surface area contributed by atoms with Gasteiger partial charge in [0.25, 0.3) is 0 Å². The Morgan fingerprint density at radius 3 is 2.12 bits per heavy atom. The van der Waals surface area contributed by atoms with Crippen LogP contribution in [0.1, 0.15) is 57.3 Å². The molecule has 1 aromatic heterocycles. The van der Waals surface area contributed by atoms with E-state index >= 15 is 0 Å². The molecule has 1 N–H and O–H groups in total. The molecule has 1 aromatic rings. The molecule has 2 atom stereocenters. The summed E-state index contributed by atoms with van der Waals surface area (Å²) < 4.78 is 4.44. The smallest absolute Gasteiger partial charge is 0.145 e. The van der Waals surface area contributed by atoms with Gasteiger partial charge >= 0.3 is 0 Å². The molecule has 4 heteroatoms. The predicted molar refractivity (Wildman–Crippen MR) is 70.1 cm³/mol. The van der Waals surface area contributed by atoms with Gasteiger partial charge in [0.15, 0.2) is 0 Å². The first-order valence-corrected chi connectivity index (χ1v) is 6.75. The highest BCUT2D eigenvalue weighted by Crippen LogP contribution is 2.30. The Morgan fingerprint density at radius 1 is 1.12 bits per heavy atom. The maximum absolute atomic E-state index is 4.67. The number of aromatic nitrogens is 2. The molecule has 0 spiro atoms. The van der Waals surface area contributed by atoms with Gasteiger partial charge in [-0.25, -0.2) is 4.98 Å². The summed E-state index contributed by atoms with van der Waals surface area (Å²) in [7, 11) is 2.00. The molecule has 0 bridgehead atoms. The molecule has 1 heterocycles. The minimum Gasteiger partial charge on any atom is -0.317 e. The molecule has 2 unspecified atom stereocenters. The van der Waals surface area contributed by atoms with E-state index in [1.54, 1.807) is 11.5 Å². The van der Waals surface area contributed by atoms with Gasteiger partial charge in [-0.3, -0.25) is 0 Å². The zero-order chi connectivity index (χ0) is 12.3. The number of likely N-dealkylation sites (N-methyl/N-ethyl adjacent to an activating group) is 1. The molecular formula is C12H23N3S. The average Bonchev–Trinajstić information content (AvgIpc) is 2.66. The van der Waals surface area contributed by atoms with E-state index in [-0.39, 0.29) is 0 Å². The Hall–Kier alpha value is -0.480. The van der Waals surface area contributed by atoms with Crippen LogP contribution < -0.4 is 5.32 Å². The quantitative estimate of drug-likeness (QED) is 0.861. The lowest BCUT2D eigenvalue weighted by Gasteiger charge is -2.24. The van der Waals surface area contributed by atoms with Crippen molar-refractivity contribution in [2.24, 2.45) is 5.92 Å². The fraction of sp³-hybridized carbons (Fsp3) is 0.833. The van der Waals surface area contributed by atoms with E-state index in [2.05, 4.69) is 49.3 Å². The number of hydrogen-bond acceptors (Lipinski definition) is 4. The molecule has 0 saturated carbocycles. The molecule has 0 radical (unpaired) electrons. The van der Waals surface area contributed by atoms with Crippen LogP contribution in [0.4, 0.5) is 0 Å². The van der Waals surface area contributed by atoms with Gasteiger partial charge in [0.1, 0.15) is 10.8 Å². The molecule has 0 aromatic carbocycles. The van der Waals surface area contributed by atoms with Gasteiger partial charge < -0.3 is 5.32 Å². The van der Waals surface area contributed by atoms with Crippen molar-refractivity contribution in [2.75, 3.05) is 7.05 Å². The molecular weight excluding hydrogens is 218 g/mol. The van der Waals surface area contributed by atoms with E-state index in [4.69, 9.17) is 0 Å². The van der Waals surface area contributed by atoms with E-state index in [0.717, 1.165) is 5.82 Å². The van der Waals surface area contributed by atoms with Crippen LogP contribution in [0, 0.1) is 5.92 Å². The summed E-state index contributed by atoms with van der Waals surface area (Å²) in [6.45, 7) is 11.0. The second-order valence-corrected chi connectivity index (χ2v) is 5.78. The lowest BCUT2D eigenvalue weighted by molar-refractivity contribution is 0.393. The van der Waals surface area contributed by atoms with E-state index in [0.29, 0.717) is 23.8 Å². The van der Waals surface area contributed by atoms with E-state index < -0.39 is 0 Å². The second kappa shape index (κ2) is 5.73. The molecule has 0 fully saturated rings. The molecule has 0 aliphatic carbocycles. The van der Waals surface area contributed by atoms with Gasteiger partial charge in [-0.15, -0.1) is 0 Å². The zero-order valence-corrected chi connectivity index (χ0v) is 11.9. The molecule has 0 amide bonds. The van der Waals surface area contributed by atoms with Crippen LogP contribution in [0.25, 0.3) is 0 Å². The highest BCUT2D eigenvalue weighted by Gasteiger charge is 2.25. The van der Waals surface area contributed by atoms with Crippen LogP contribution in [-0.4, -0.2) is 22.4 Å². The lowest BCUT2D eigenvalue weighted by atomic mass is 9.90. The molecule has 0 aliphatic heterocycles. The number of rotatable bonds is 5. The minimum absolute atomic E-state index is 0.419. The van der Waals surface area contributed by atoms with Crippen molar-refractivity contribution in [2.45, 2.75) is 52.5 Å². The van der Waals surface area contributed by atoms with Crippen LogP contribution in [0.5, 0.6) is 0 Å². The summed E-state index contributed by atoms with van der Waals surface area (Å²) in [4.78, 5) is 4.67. The van der Waals surface area contributed by atoms with Crippen LogP contribution in [-0.2, 0) is 0 Å². The molecule has 92 valence electrons. The van der Waals surface area contributed by atoms with Crippen LogP contribution in [0.3, 0.4) is 0 Å². The Kier molecular flexibility index (Phi) is 4.87. The third kappa shape index (κ3) is 3.01. The van der Waals surface area contributed by atoms with Crippen molar-refractivity contribution < 1.29 is 0 Å². The Balaban J connectivity index is 2.93. The highest BCUT2D eigenvalue weighted by molar-refractivity contribution is 7.05. The molecule has 3 nitrogen and oxygen atoms in total. The normalized spacial score (nSPS) is 15.8. The fourth-order valence-electron chi connectivity index (χ4n) is 1.87. The SMILES string of the molecule is CNC(C)C(c1nc(C(C)C)ns1)C(C)C. The summed E-state index contributed by atoms with van der Waals surface area (Å²) in [5.41, 5.74) is 0. The van der Waals surface area contributed by atoms with Crippen LogP contribution >= 0.6 is 11.5 Å². The van der Waals surface area contributed by atoms with Crippen molar-refractivity contribution in [1.29, 1.82) is 0 Å². The maximum atomic E-state index is 4.67. The Morgan fingerprint density at radius 2 is 1.75 bits per heavy atom. The van der Waals surface area contributed by atoms with Gasteiger partial charge in [-0.1, -0.05) is 27.7 Å². The summed E-state index contributed by atoms with van der Waals surface area (Å²) in [5, 5.41) is 4.49. The predicted octanol–water partition coefficient (Wildman–Crippen LogP) is 3.01. The molecule has 0 aliphatic rings. The van der Waals surface area contributed by atoms with Crippen molar-refractivity contribution >= 4 is 11.5 Å². The second-order valence-electron chi connectivity index (χ2n) is 4.99. The monoisotopic (exact) mass is 241 g/mol. The summed E-state index contributed by atoms with van der Waals surface area (Å²) >= 11 is 1.56. The van der Waals surface area contributed by atoms with Gasteiger partial charge in [0, 0.05) is 17.9 Å². The third-order valence-corrected chi connectivity index (χ3v) is 3.80. The number of hydrogen-bond donors (Lipinski definition) is 1. The van der Waals surface area contributed by atoms with E-state index in [1.165, 1.54) is 5.01 Å². The fourth-order valence-corrected chi connectivity index (χ4v) is 3.04. The zero-order valence-electron chi connectivity index (χ0n) is 11.1. The lowest BCUT2D eigenvalue weighted by Crippen LogP contribution is -2.31. The van der Waals surface area contributed by atoms with Crippen molar-refractivity contribution in [3.05, 3.63) is 10.8 Å². The van der Waals surface area contributed by atoms with Crippen LogP contribution in [0.2, 0.25) is 0 Å². The summed E-state index contributed by atoms with van der Waals surface area (Å²) in [6, 6.07) is 0.438. The van der Waals surface area contributed by atoms with E-state index in [1.807, 2.05) is 7.05 Å². The van der Waals surface area contributed by atoms with Crippen LogP contribution in [0.15, 0.2) is 0 Å². The topological polar surface area (TPSA) is 37.8 Å². The Bertz CT molecular complexity index is 320. The van der Waals surface area contributed by atoms with Crippen molar-refractivity contribution in [1.82, 2.24) is 14.7 Å². The summed E-state index contributed by atoms with van der Waals surface area (Å²) in [5.74, 6) is 2.43. The Labute approximate surface area is 103 Å². The highest BCUT2D eigenvalue weighted by atomic mass is 32.1. The molecule has 16 heavy (non-hydrogen) atoms. The summed E-state index contributed by atoms with van der Waals surface area (Å²) in [6.07, 6.45) is 0. The maximum Gasteiger partial charge on any atom is 0.145 e. The number of nitrogens with one attached hydrogen (secondary N) is 1. The third-order valence-electron chi connectivity index (χ3n) is 2.97. The number of nitrogens with zero attached hydrogens (tertiary/aromatic N) is 2. The minimum atomic E-state index is 0.419.